The Morgan fingerprint density at radius 2 is 1.52 bits per heavy atom. The Morgan fingerprint density at radius 3 is 1.97 bits per heavy atom. The summed E-state index contributed by atoms with van der Waals surface area (Å²) >= 11 is 0. The van der Waals surface area contributed by atoms with Crippen LogP contribution in [-0.2, 0) is 45.6 Å². The van der Waals surface area contributed by atoms with Crippen molar-refractivity contribution in [3.05, 3.63) is 83.4 Å². The minimum Gasteiger partial charge on any atom is -0.457 e. The Morgan fingerprint density at radius 1 is 1.00 bits per heavy atom. The second-order valence-corrected chi connectivity index (χ2v) is 8.98. The number of hydrogen-bond donors (Lipinski definition) is 0. The monoisotopic (exact) mass is 482 g/mol. The SMILES string of the molecule is CC(=O)O[C@@H]1CC(=C(F)F)[C@@H](C)O[C@@H]1OP(=O)(OCc1ccccc1)OCc1ccccc1. The third kappa shape index (κ3) is 7.55. The fourth-order valence-corrected chi connectivity index (χ4v) is 4.42. The third-order valence-corrected chi connectivity index (χ3v) is 6.17. The predicted molar refractivity (Wildman–Crippen MR) is 115 cm³/mol. The van der Waals surface area contributed by atoms with Crippen molar-refractivity contribution >= 4 is 13.8 Å². The number of phosphoric ester groups is 1. The fourth-order valence-electron chi connectivity index (χ4n) is 3.16. The zero-order chi connectivity index (χ0) is 23.8. The first-order valence-electron chi connectivity index (χ1n) is 10.3. The summed E-state index contributed by atoms with van der Waals surface area (Å²) in [6.07, 6.45) is -6.02. The van der Waals surface area contributed by atoms with Gasteiger partial charge in [-0.05, 0) is 18.1 Å². The molecule has 1 aliphatic heterocycles. The van der Waals surface area contributed by atoms with Gasteiger partial charge in [-0.25, -0.2) is 4.57 Å². The van der Waals surface area contributed by atoms with Gasteiger partial charge in [0.2, 0.25) is 6.29 Å². The molecule has 178 valence electrons. The van der Waals surface area contributed by atoms with Crippen LogP contribution >= 0.6 is 7.82 Å². The number of ether oxygens (including phenoxy) is 2. The molecule has 2 aromatic carbocycles. The number of phosphoric acid groups is 1. The third-order valence-electron chi connectivity index (χ3n) is 4.81. The Balaban J connectivity index is 1.80. The summed E-state index contributed by atoms with van der Waals surface area (Å²) in [5.74, 6) is -0.726. The molecular weight excluding hydrogens is 457 g/mol. The minimum atomic E-state index is -4.29. The molecule has 0 radical (unpaired) electrons. The van der Waals surface area contributed by atoms with Crippen molar-refractivity contribution in [2.45, 2.75) is 52.0 Å². The maximum Gasteiger partial charge on any atom is 0.477 e. The molecular formula is C23H25F2O7P. The zero-order valence-corrected chi connectivity index (χ0v) is 19.1. The highest BCUT2D eigenvalue weighted by atomic mass is 31.2. The van der Waals surface area contributed by atoms with Gasteiger partial charge < -0.3 is 9.47 Å². The van der Waals surface area contributed by atoms with Crippen LogP contribution in [-0.4, -0.2) is 24.5 Å². The van der Waals surface area contributed by atoms with E-state index in [-0.39, 0.29) is 25.2 Å². The highest BCUT2D eigenvalue weighted by Gasteiger charge is 2.43. The Kier molecular flexibility index (Phi) is 8.88. The normalized spacial score (nSPS) is 21.0. The molecule has 0 aliphatic carbocycles. The van der Waals surface area contributed by atoms with Crippen LogP contribution in [0.2, 0.25) is 0 Å². The number of hydrogen-bond acceptors (Lipinski definition) is 7. The Labute approximate surface area is 190 Å². The highest BCUT2D eigenvalue weighted by molar-refractivity contribution is 7.48. The topological polar surface area (TPSA) is 80.3 Å². The first-order valence-corrected chi connectivity index (χ1v) is 11.7. The van der Waals surface area contributed by atoms with Gasteiger partial charge in [0.25, 0.3) is 6.08 Å². The number of carbonyl (C=O) groups is 1. The van der Waals surface area contributed by atoms with Crippen molar-refractivity contribution in [1.82, 2.24) is 0 Å². The molecule has 0 spiro atoms. The molecule has 0 amide bonds. The molecule has 1 aliphatic rings. The average Bonchev–Trinajstić information content (AvgIpc) is 2.79. The summed E-state index contributed by atoms with van der Waals surface area (Å²) in [5, 5.41) is 0. The lowest BCUT2D eigenvalue weighted by molar-refractivity contribution is -0.207. The van der Waals surface area contributed by atoms with Crippen molar-refractivity contribution in [1.29, 1.82) is 0 Å². The molecule has 0 bridgehead atoms. The van der Waals surface area contributed by atoms with Crippen LogP contribution in [0.15, 0.2) is 72.3 Å². The fraction of sp³-hybridized carbons (Fsp3) is 0.348. The maximum absolute atomic E-state index is 13.5. The van der Waals surface area contributed by atoms with Gasteiger partial charge in [-0.15, -0.1) is 0 Å². The summed E-state index contributed by atoms with van der Waals surface area (Å²) in [6, 6.07) is 17.9. The van der Waals surface area contributed by atoms with Crippen molar-refractivity contribution < 1.29 is 41.2 Å². The lowest BCUT2D eigenvalue weighted by atomic mass is 10.0. The van der Waals surface area contributed by atoms with Crippen LogP contribution in [0.1, 0.15) is 31.4 Å². The van der Waals surface area contributed by atoms with Crippen molar-refractivity contribution in [2.75, 3.05) is 0 Å². The second-order valence-electron chi connectivity index (χ2n) is 7.36. The lowest BCUT2D eigenvalue weighted by Gasteiger charge is -2.36. The molecule has 2 aromatic rings. The van der Waals surface area contributed by atoms with Gasteiger partial charge in [-0.1, -0.05) is 60.7 Å². The Bertz CT molecular complexity index is 949. The molecule has 10 heteroatoms. The first-order chi connectivity index (χ1) is 15.8. The predicted octanol–water partition coefficient (Wildman–Crippen LogP) is 5.76. The van der Waals surface area contributed by atoms with E-state index in [0.29, 0.717) is 11.1 Å². The van der Waals surface area contributed by atoms with E-state index in [1.54, 1.807) is 48.5 Å². The molecule has 0 aromatic heterocycles. The number of halogens is 2. The van der Waals surface area contributed by atoms with E-state index < -0.39 is 38.4 Å². The summed E-state index contributed by atoms with van der Waals surface area (Å²) in [5.41, 5.74) is 1.10. The molecule has 7 nitrogen and oxygen atoms in total. The van der Waals surface area contributed by atoms with Gasteiger partial charge in [0.15, 0.2) is 6.10 Å². The summed E-state index contributed by atoms with van der Waals surface area (Å²) in [4.78, 5) is 11.5. The van der Waals surface area contributed by atoms with Gasteiger partial charge in [-0.3, -0.25) is 18.4 Å². The van der Waals surface area contributed by atoms with E-state index in [2.05, 4.69) is 0 Å². The molecule has 1 saturated heterocycles. The van der Waals surface area contributed by atoms with Crippen LogP contribution in [0, 0.1) is 0 Å². The molecule has 1 fully saturated rings. The van der Waals surface area contributed by atoms with E-state index in [9.17, 15) is 18.1 Å². The first kappa shape index (κ1) is 25.2. The molecule has 3 atom stereocenters. The summed E-state index contributed by atoms with van der Waals surface area (Å²) in [7, 11) is -4.29. The van der Waals surface area contributed by atoms with Crippen LogP contribution in [0.5, 0.6) is 0 Å². The van der Waals surface area contributed by atoms with Crippen LogP contribution in [0.4, 0.5) is 8.78 Å². The smallest absolute Gasteiger partial charge is 0.457 e. The molecule has 0 N–H and O–H groups in total. The van der Waals surface area contributed by atoms with E-state index in [4.69, 9.17) is 23.0 Å². The summed E-state index contributed by atoms with van der Waals surface area (Å²) in [6.45, 7) is 2.33. The van der Waals surface area contributed by atoms with E-state index >= 15 is 0 Å². The largest absolute Gasteiger partial charge is 0.477 e. The Hall–Kier alpha value is -2.42. The number of benzene rings is 2. The molecule has 0 saturated carbocycles. The molecule has 1 heterocycles. The quantitative estimate of drug-likeness (QED) is 0.332. The van der Waals surface area contributed by atoms with Gasteiger partial charge in [0, 0.05) is 18.9 Å². The number of rotatable bonds is 9. The van der Waals surface area contributed by atoms with Crippen molar-refractivity contribution in [3.63, 3.8) is 0 Å². The zero-order valence-electron chi connectivity index (χ0n) is 18.2. The molecule has 33 heavy (non-hydrogen) atoms. The van der Waals surface area contributed by atoms with E-state index in [1.165, 1.54) is 6.92 Å². The minimum absolute atomic E-state index is 0.0995. The van der Waals surface area contributed by atoms with Gasteiger partial charge in [0.05, 0.1) is 19.3 Å². The standard InChI is InChI=1S/C23H25F2O7P/c1-16-20(22(24)25)13-21(31-17(2)26)23(30-16)32-33(27,28-14-18-9-5-3-6-10-18)29-15-19-11-7-4-8-12-19/h3-12,16,21,23H,13-15H2,1-2H3/t16-,21-,23-/m1/s1. The average molecular weight is 482 g/mol. The van der Waals surface area contributed by atoms with Gasteiger partial charge >= 0.3 is 13.8 Å². The second kappa shape index (κ2) is 11.6. The lowest BCUT2D eigenvalue weighted by Crippen LogP contribution is -2.43. The number of carbonyl (C=O) groups excluding carboxylic acids is 1. The van der Waals surface area contributed by atoms with Crippen molar-refractivity contribution in [3.8, 4) is 0 Å². The van der Waals surface area contributed by atoms with Crippen LogP contribution in [0.3, 0.4) is 0 Å². The van der Waals surface area contributed by atoms with Crippen LogP contribution < -0.4 is 0 Å². The molecule has 0 unspecified atom stereocenters. The van der Waals surface area contributed by atoms with Crippen LogP contribution in [0.25, 0.3) is 0 Å². The van der Waals surface area contributed by atoms with E-state index in [0.717, 1.165) is 6.92 Å². The maximum atomic E-state index is 13.5. The van der Waals surface area contributed by atoms with Gasteiger partial charge in [-0.2, -0.15) is 8.78 Å². The van der Waals surface area contributed by atoms with Gasteiger partial charge in [0.1, 0.15) is 0 Å². The summed E-state index contributed by atoms with van der Waals surface area (Å²) < 4.78 is 67.4. The number of esters is 1. The highest BCUT2D eigenvalue weighted by Crippen LogP contribution is 2.53. The van der Waals surface area contributed by atoms with Crippen molar-refractivity contribution in [2.24, 2.45) is 0 Å². The molecule has 3 rings (SSSR count). The van der Waals surface area contributed by atoms with E-state index in [1.807, 2.05) is 12.1 Å².